The lowest BCUT2D eigenvalue weighted by Crippen LogP contribution is -2.40. The van der Waals surface area contributed by atoms with Crippen LogP contribution in [0.1, 0.15) is 12.8 Å². The second-order valence-corrected chi connectivity index (χ2v) is 6.70. The van der Waals surface area contributed by atoms with E-state index in [4.69, 9.17) is 11.5 Å². The van der Waals surface area contributed by atoms with Gasteiger partial charge in [-0.15, -0.1) is 0 Å². The minimum Gasteiger partial charge on any atom is -0.396 e. The summed E-state index contributed by atoms with van der Waals surface area (Å²) in [5, 5.41) is 0. The lowest BCUT2D eigenvalue weighted by Gasteiger charge is -2.26. The molecule has 0 aliphatic carbocycles. The molecule has 0 saturated carbocycles. The Hall–Kier alpha value is -1.76. The van der Waals surface area contributed by atoms with Crippen LogP contribution in [0, 0.1) is 0 Å². The predicted molar refractivity (Wildman–Crippen MR) is 73.5 cm³/mol. The van der Waals surface area contributed by atoms with E-state index in [1.165, 1.54) is 6.07 Å². The SMILES string of the molecule is CS(=O)(=O)c1cccc(N2CCCC2C(N)=O)c1N. The summed E-state index contributed by atoms with van der Waals surface area (Å²) in [7, 11) is -3.39. The van der Waals surface area contributed by atoms with E-state index < -0.39 is 21.8 Å². The van der Waals surface area contributed by atoms with Gasteiger partial charge in [0.25, 0.3) is 0 Å². The standard InChI is InChI=1S/C12H17N3O3S/c1-19(17,18)10-6-2-4-8(11(10)13)15-7-3-5-9(15)12(14)16/h2,4,6,9H,3,5,7,13H2,1H3,(H2,14,16). The number of primary amides is 1. The van der Waals surface area contributed by atoms with Gasteiger partial charge in [0.2, 0.25) is 5.91 Å². The summed E-state index contributed by atoms with van der Waals surface area (Å²) in [4.78, 5) is 13.3. The van der Waals surface area contributed by atoms with Gasteiger partial charge in [-0.2, -0.15) is 0 Å². The molecule has 19 heavy (non-hydrogen) atoms. The Morgan fingerprint density at radius 2 is 2.11 bits per heavy atom. The van der Waals surface area contributed by atoms with Crippen LogP contribution >= 0.6 is 0 Å². The summed E-state index contributed by atoms with van der Waals surface area (Å²) in [6.07, 6.45) is 2.60. The van der Waals surface area contributed by atoms with E-state index >= 15 is 0 Å². The molecule has 1 atom stereocenters. The Labute approximate surface area is 112 Å². The van der Waals surface area contributed by atoms with Crippen molar-refractivity contribution in [2.24, 2.45) is 5.73 Å². The number of carbonyl (C=O) groups excluding carboxylic acids is 1. The number of nitrogen functional groups attached to an aromatic ring is 1. The molecule has 1 saturated heterocycles. The highest BCUT2D eigenvalue weighted by Gasteiger charge is 2.31. The van der Waals surface area contributed by atoms with E-state index in [9.17, 15) is 13.2 Å². The molecule has 7 heteroatoms. The van der Waals surface area contributed by atoms with Crippen molar-refractivity contribution < 1.29 is 13.2 Å². The van der Waals surface area contributed by atoms with Crippen molar-refractivity contribution in [3.05, 3.63) is 18.2 Å². The van der Waals surface area contributed by atoms with Gasteiger partial charge in [-0.05, 0) is 25.0 Å². The fourth-order valence-electron chi connectivity index (χ4n) is 2.46. The molecule has 6 nitrogen and oxygen atoms in total. The Balaban J connectivity index is 2.49. The molecule has 0 bridgehead atoms. The van der Waals surface area contributed by atoms with Gasteiger partial charge in [0, 0.05) is 12.8 Å². The maximum Gasteiger partial charge on any atom is 0.240 e. The van der Waals surface area contributed by atoms with E-state index in [1.54, 1.807) is 17.0 Å². The molecule has 104 valence electrons. The number of hydrogen-bond acceptors (Lipinski definition) is 5. The van der Waals surface area contributed by atoms with Gasteiger partial charge in [-0.1, -0.05) is 6.07 Å². The quantitative estimate of drug-likeness (QED) is 0.767. The number of nitrogens with two attached hydrogens (primary N) is 2. The molecule has 1 unspecified atom stereocenters. The van der Waals surface area contributed by atoms with Crippen LogP contribution in [0.4, 0.5) is 11.4 Å². The summed E-state index contributed by atoms with van der Waals surface area (Å²) >= 11 is 0. The summed E-state index contributed by atoms with van der Waals surface area (Å²) in [6.45, 7) is 0.644. The number of carbonyl (C=O) groups is 1. The molecular weight excluding hydrogens is 266 g/mol. The minimum atomic E-state index is -3.39. The minimum absolute atomic E-state index is 0.0834. The van der Waals surface area contributed by atoms with Crippen molar-refractivity contribution in [1.29, 1.82) is 0 Å². The first-order valence-electron chi connectivity index (χ1n) is 5.97. The summed E-state index contributed by atoms with van der Waals surface area (Å²) in [6, 6.07) is 4.38. The van der Waals surface area contributed by atoms with E-state index in [1.807, 2.05) is 0 Å². The highest BCUT2D eigenvalue weighted by molar-refractivity contribution is 7.90. The fraction of sp³-hybridized carbons (Fsp3) is 0.417. The van der Waals surface area contributed by atoms with Crippen molar-refractivity contribution in [3.8, 4) is 0 Å². The van der Waals surface area contributed by atoms with Crippen molar-refractivity contribution in [3.63, 3.8) is 0 Å². The molecule has 4 N–H and O–H groups in total. The van der Waals surface area contributed by atoms with Crippen LogP contribution in [0.5, 0.6) is 0 Å². The van der Waals surface area contributed by atoms with E-state index in [0.717, 1.165) is 12.7 Å². The van der Waals surface area contributed by atoms with Crippen LogP contribution in [0.15, 0.2) is 23.1 Å². The molecule has 2 rings (SSSR count). The van der Waals surface area contributed by atoms with E-state index in [2.05, 4.69) is 0 Å². The number of sulfone groups is 1. The molecule has 0 aromatic heterocycles. The van der Waals surface area contributed by atoms with Crippen LogP contribution in [0.25, 0.3) is 0 Å². The van der Waals surface area contributed by atoms with Crippen LogP contribution in [-0.4, -0.2) is 33.2 Å². The number of hydrogen-bond donors (Lipinski definition) is 2. The lowest BCUT2D eigenvalue weighted by molar-refractivity contribution is -0.119. The number of nitrogens with zero attached hydrogens (tertiary/aromatic N) is 1. The molecule has 0 spiro atoms. The Morgan fingerprint density at radius 3 is 2.68 bits per heavy atom. The molecular formula is C12H17N3O3S. The first kappa shape index (κ1) is 13.7. The van der Waals surface area contributed by atoms with Gasteiger partial charge < -0.3 is 16.4 Å². The third-order valence-electron chi connectivity index (χ3n) is 3.33. The number of para-hydroxylation sites is 1. The zero-order chi connectivity index (χ0) is 14.2. The van der Waals surface area contributed by atoms with Gasteiger partial charge in [0.05, 0.1) is 16.3 Å². The first-order chi connectivity index (χ1) is 8.82. The Bertz CT molecular complexity index is 613. The molecule has 1 heterocycles. The van der Waals surface area contributed by atoms with Crippen LogP contribution in [0.2, 0.25) is 0 Å². The molecule has 1 aromatic carbocycles. The normalized spacial score (nSPS) is 19.6. The smallest absolute Gasteiger partial charge is 0.240 e. The molecule has 0 radical (unpaired) electrons. The van der Waals surface area contributed by atoms with Crippen molar-refractivity contribution >= 4 is 27.1 Å². The van der Waals surface area contributed by atoms with Crippen molar-refractivity contribution in [1.82, 2.24) is 0 Å². The Kier molecular flexibility index (Phi) is 3.40. The Morgan fingerprint density at radius 1 is 1.42 bits per heavy atom. The highest BCUT2D eigenvalue weighted by atomic mass is 32.2. The third-order valence-corrected chi connectivity index (χ3v) is 4.49. The maximum absolute atomic E-state index is 11.6. The summed E-state index contributed by atoms with van der Waals surface area (Å²) < 4.78 is 23.3. The van der Waals surface area contributed by atoms with E-state index in [0.29, 0.717) is 18.7 Å². The average molecular weight is 283 g/mol. The molecule has 1 amide bonds. The number of anilines is 2. The predicted octanol–water partition coefficient (Wildman–Crippen LogP) is 0.126. The topological polar surface area (TPSA) is 106 Å². The second-order valence-electron chi connectivity index (χ2n) is 4.71. The fourth-order valence-corrected chi connectivity index (χ4v) is 3.29. The zero-order valence-corrected chi connectivity index (χ0v) is 11.5. The molecule has 1 aliphatic heterocycles. The first-order valence-corrected chi connectivity index (χ1v) is 7.86. The summed E-state index contributed by atoms with van der Waals surface area (Å²) in [5.74, 6) is -0.415. The van der Waals surface area contributed by atoms with Gasteiger partial charge in [0.15, 0.2) is 9.84 Å². The molecule has 1 aromatic rings. The van der Waals surface area contributed by atoms with Crippen molar-refractivity contribution in [2.75, 3.05) is 23.4 Å². The summed E-state index contributed by atoms with van der Waals surface area (Å²) in [5.41, 5.74) is 12.0. The highest BCUT2D eigenvalue weighted by Crippen LogP contribution is 2.34. The van der Waals surface area contributed by atoms with Gasteiger partial charge in [-0.3, -0.25) is 4.79 Å². The van der Waals surface area contributed by atoms with Crippen molar-refractivity contribution in [2.45, 2.75) is 23.8 Å². The van der Waals surface area contributed by atoms with Crippen LogP contribution < -0.4 is 16.4 Å². The number of rotatable bonds is 3. The molecule has 1 fully saturated rings. The molecule has 1 aliphatic rings. The lowest BCUT2D eigenvalue weighted by atomic mass is 10.2. The monoisotopic (exact) mass is 283 g/mol. The maximum atomic E-state index is 11.6. The zero-order valence-electron chi connectivity index (χ0n) is 10.7. The number of amides is 1. The third kappa shape index (κ3) is 2.51. The van der Waals surface area contributed by atoms with Crippen LogP contribution in [-0.2, 0) is 14.6 Å². The largest absolute Gasteiger partial charge is 0.396 e. The van der Waals surface area contributed by atoms with Gasteiger partial charge in [0.1, 0.15) is 6.04 Å². The van der Waals surface area contributed by atoms with Crippen LogP contribution in [0.3, 0.4) is 0 Å². The average Bonchev–Trinajstić information content (AvgIpc) is 2.76. The second kappa shape index (κ2) is 4.73. The van der Waals surface area contributed by atoms with Gasteiger partial charge in [-0.25, -0.2) is 8.42 Å². The van der Waals surface area contributed by atoms with E-state index in [-0.39, 0.29) is 10.6 Å². The van der Waals surface area contributed by atoms with Gasteiger partial charge >= 0.3 is 0 Å². The number of benzene rings is 1.